The molecule has 2 rings (SSSR count). The molecule has 0 unspecified atom stereocenters. The second-order valence-electron chi connectivity index (χ2n) is 5.36. The highest BCUT2D eigenvalue weighted by Gasteiger charge is 2.22. The molecule has 0 saturated carbocycles. The van der Waals surface area contributed by atoms with Crippen LogP contribution in [-0.2, 0) is 12.8 Å². The zero-order valence-electron chi connectivity index (χ0n) is 11.3. The average molecular weight is 253 g/mol. The van der Waals surface area contributed by atoms with Crippen LogP contribution in [0.25, 0.3) is 0 Å². The fourth-order valence-corrected chi connectivity index (χ4v) is 2.50. The van der Waals surface area contributed by atoms with Crippen LogP contribution in [0.5, 0.6) is 0 Å². The maximum absolute atomic E-state index is 8.80. The third kappa shape index (κ3) is 3.53. The van der Waals surface area contributed by atoms with Gasteiger partial charge in [0.15, 0.2) is 5.82 Å². The largest absolute Gasteiger partial charge is 0.396 e. The van der Waals surface area contributed by atoms with E-state index in [1.54, 1.807) is 0 Å². The standard InChI is InChI=1S/C13H23N3O2/c1-10(2)16-6-3-11(4-7-16)9-12-14-13(5-8-17)18-15-12/h10-11,17H,3-9H2,1-2H3. The number of aliphatic hydroxyl groups excluding tert-OH is 1. The van der Waals surface area contributed by atoms with Crippen molar-refractivity contribution in [3.05, 3.63) is 11.7 Å². The lowest BCUT2D eigenvalue weighted by atomic mass is 9.93. The summed E-state index contributed by atoms with van der Waals surface area (Å²) >= 11 is 0. The Bertz CT molecular complexity index is 357. The molecule has 0 radical (unpaired) electrons. The van der Waals surface area contributed by atoms with Gasteiger partial charge in [0.25, 0.3) is 0 Å². The highest BCUT2D eigenvalue weighted by molar-refractivity contribution is 4.90. The quantitative estimate of drug-likeness (QED) is 0.856. The first-order chi connectivity index (χ1) is 8.69. The molecule has 0 amide bonds. The molecule has 1 fully saturated rings. The van der Waals surface area contributed by atoms with Gasteiger partial charge in [0.05, 0.1) is 13.0 Å². The van der Waals surface area contributed by atoms with Crippen molar-refractivity contribution >= 4 is 0 Å². The van der Waals surface area contributed by atoms with E-state index in [-0.39, 0.29) is 6.61 Å². The smallest absolute Gasteiger partial charge is 0.228 e. The van der Waals surface area contributed by atoms with Crippen LogP contribution < -0.4 is 0 Å². The van der Waals surface area contributed by atoms with Crippen molar-refractivity contribution in [3.8, 4) is 0 Å². The molecule has 1 aliphatic rings. The van der Waals surface area contributed by atoms with Gasteiger partial charge in [-0.3, -0.25) is 0 Å². The molecule has 0 atom stereocenters. The molecule has 0 aromatic carbocycles. The minimum atomic E-state index is 0.0639. The number of aliphatic hydroxyl groups is 1. The van der Waals surface area contributed by atoms with Crippen molar-refractivity contribution in [1.29, 1.82) is 0 Å². The first-order valence-corrected chi connectivity index (χ1v) is 6.85. The number of piperidine rings is 1. The van der Waals surface area contributed by atoms with E-state index in [2.05, 4.69) is 28.9 Å². The van der Waals surface area contributed by atoms with E-state index in [9.17, 15) is 0 Å². The van der Waals surface area contributed by atoms with Crippen molar-refractivity contribution in [2.75, 3.05) is 19.7 Å². The summed E-state index contributed by atoms with van der Waals surface area (Å²) in [4.78, 5) is 6.81. The third-order valence-corrected chi connectivity index (χ3v) is 3.69. The normalized spacial score (nSPS) is 18.7. The van der Waals surface area contributed by atoms with Crippen molar-refractivity contribution in [2.45, 2.75) is 45.6 Å². The fraction of sp³-hybridized carbons (Fsp3) is 0.846. The molecule has 0 bridgehead atoms. The van der Waals surface area contributed by atoms with Crippen molar-refractivity contribution in [1.82, 2.24) is 15.0 Å². The minimum Gasteiger partial charge on any atom is -0.396 e. The topological polar surface area (TPSA) is 62.4 Å². The Hall–Kier alpha value is -0.940. The zero-order valence-corrected chi connectivity index (χ0v) is 11.3. The van der Waals surface area contributed by atoms with Crippen LogP contribution in [-0.4, -0.2) is 45.9 Å². The number of nitrogens with zero attached hydrogens (tertiary/aromatic N) is 3. The molecular formula is C13H23N3O2. The van der Waals surface area contributed by atoms with Gasteiger partial charge in [0.1, 0.15) is 0 Å². The number of hydrogen-bond donors (Lipinski definition) is 1. The Morgan fingerprint density at radius 3 is 2.72 bits per heavy atom. The van der Waals surface area contributed by atoms with E-state index in [1.165, 1.54) is 25.9 Å². The Kier molecular flexibility index (Phi) is 4.72. The molecule has 5 heteroatoms. The van der Waals surface area contributed by atoms with Crippen LogP contribution in [0.15, 0.2) is 4.52 Å². The summed E-state index contributed by atoms with van der Waals surface area (Å²) in [5, 5.41) is 12.8. The Balaban J connectivity index is 1.80. The second-order valence-corrected chi connectivity index (χ2v) is 5.36. The number of aromatic nitrogens is 2. The van der Waals surface area contributed by atoms with Gasteiger partial charge in [0, 0.05) is 12.5 Å². The molecule has 1 saturated heterocycles. The first-order valence-electron chi connectivity index (χ1n) is 6.85. The molecule has 0 spiro atoms. The van der Waals surface area contributed by atoms with Crippen molar-refractivity contribution in [2.24, 2.45) is 5.92 Å². The van der Waals surface area contributed by atoms with E-state index in [1.807, 2.05) is 0 Å². The maximum atomic E-state index is 8.80. The van der Waals surface area contributed by atoms with Crippen LogP contribution in [0, 0.1) is 5.92 Å². The van der Waals surface area contributed by atoms with E-state index < -0.39 is 0 Å². The van der Waals surface area contributed by atoms with Crippen LogP contribution in [0.2, 0.25) is 0 Å². The van der Waals surface area contributed by atoms with Gasteiger partial charge in [-0.05, 0) is 45.7 Å². The lowest BCUT2D eigenvalue weighted by Gasteiger charge is -2.34. The summed E-state index contributed by atoms with van der Waals surface area (Å²) in [6.45, 7) is 6.91. The van der Waals surface area contributed by atoms with Crippen LogP contribution in [0.1, 0.15) is 38.4 Å². The van der Waals surface area contributed by atoms with E-state index in [0.29, 0.717) is 24.3 Å². The molecule has 1 aromatic rings. The summed E-state index contributed by atoms with van der Waals surface area (Å²) in [6, 6.07) is 0.646. The van der Waals surface area contributed by atoms with Gasteiger partial charge < -0.3 is 14.5 Å². The Labute approximate surface area is 108 Å². The third-order valence-electron chi connectivity index (χ3n) is 3.69. The second kappa shape index (κ2) is 6.29. The molecule has 1 aliphatic heterocycles. The summed E-state index contributed by atoms with van der Waals surface area (Å²) in [6.07, 6.45) is 3.78. The predicted octanol–water partition coefficient (Wildman–Crippen LogP) is 1.27. The zero-order chi connectivity index (χ0) is 13.0. The maximum Gasteiger partial charge on any atom is 0.228 e. The van der Waals surface area contributed by atoms with Gasteiger partial charge in [0.2, 0.25) is 5.89 Å². The van der Waals surface area contributed by atoms with Gasteiger partial charge in [-0.25, -0.2) is 0 Å². The molecule has 5 nitrogen and oxygen atoms in total. The molecular weight excluding hydrogens is 230 g/mol. The Morgan fingerprint density at radius 2 is 2.11 bits per heavy atom. The molecule has 2 heterocycles. The van der Waals surface area contributed by atoms with Crippen LogP contribution >= 0.6 is 0 Å². The van der Waals surface area contributed by atoms with E-state index in [0.717, 1.165) is 12.2 Å². The van der Waals surface area contributed by atoms with Gasteiger partial charge >= 0.3 is 0 Å². The molecule has 0 aliphatic carbocycles. The van der Waals surface area contributed by atoms with Crippen LogP contribution in [0.4, 0.5) is 0 Å². The monoisotopic (exact) mass is 253 g/mol. The fourth-order valence-electron chi connectivity index (χ4n) is 2.50. The minimum absolute atomic E-state index is 0.0639. The lowest BCUT2D eigenvalue weighted by Crippen LogP contribution is -2.38. The number of likely N-dealkylation sites (tertiary alicyclic amines) is 1. The molecule has 18 heavy (non-hydrogen) atoms. The molecule has 1 aromatic heterocycles. The van der Waals surface area contributed by atoms with Gasteiger partial charge in [-0.1, -0.05) is 5.16 Å². The van der Waals surface area contributed by atoms with Gasteiger partial charge in [-0.15, -0.1) is 0 Å². The van der Waals surface area contributed by atoms with Crippen molar-refractivity contribution < 1.29 is 9.63 Å². The SMILES string of the molecule is CC(C)N1CCC(Cc2noc(CCO)n2)CC1. The number of hydrogen-bond acceptors (Lipinski definition) is 5. The van der Waals surface area contributed by atoms with E-state index in [4.69, 9.17) is 9.63 Å². The summed E-state index contributed by atoms with van der Waals surface area (Å²) in [5.41, 5.74) is 0. The summed E-state index contributed by atoms with van der Waals surface area (Å²) < 4.78 is 5.07. The first kappa shape index (κ1) is 13.5. The lowest BCUT2D eigenvalue weighted by molar-refractivity contribution is 0.148. The summed E-state index contributed by atoms with van der Waals surface area (Å²) in [5.74, 6) is 2.01. The van der Waals surface area contributed by atoms with Crippen molar-refractivity contribution in [3.63, 3.8) is 0 Å². The Morgan fingerprint density at radius 1 is 1.39 bits per heavy atom. The van der Waals surface area contributed by atoms with Crippen LogP contribution in [0.3, 0.4) is 0 Å². The summed E-state index contributed by atoms with van der Waals surface area (Å²) in [7, 11) is 0. The molecule has 1 N–H and O–H groups in total. The predicted molar refractivity (Wildman–Crippen MR) is 68.2 cm³/mol. The average Bonchev–Trinajstić information content (AvgIpc) is 2.78. The van der Waals surface area contributed by atoms with E-state index >= 15 is 0 Å². The highest BCUT2D eigenvalue weighted by atomic mass is 16.5. The molecule has 102 valence electrons. The highest BCUT2D eigenvalue weighted by Crippen LogP contribution is 2.21. The number of rotatable bonds is 5. The van der Waals surface area contributed by atoms with Gasteiger partial charge in [-0.2, -0.15) is 4.98 Å².